The molecule has 0 radical (unpaired) electrons. The summed E-state index contributed by atoms with van der Waals surface area (Å²) in [6.07, 6.45) is 19.1. The van der Waals surface area contributed by atoms with Gasteiger partial charge in [-0.25, -0.2) is 0 Å². The molecule has 1 aliphatic rings. The van der Waals surface area contributed by atoms with E-state index in [0.717, 1.165) is 22.8 Å². The molecule has 0 N–H and O–H groups in total. The van der Waals surface area contributed by atoms with Gasteiger partial charge in [0, 0.05) is 29.8 Å². The van der Waals surface area contributed by atoms with E-state index in [0.29, 0.717) is 0 Å². The van der Waals surface area contributed by atoms with E-state index in [1.54, 1.807) is 0 Å². The molecule has 0 aliphatic heterocycles. The highest BCUT2D eigenvalue weighted by molar-refractivity contribution is 5.76. The molecule has 174 valence electrons. The van der Waals surface area contributed by atoms with E-state index in [2.05, 4.69) is 133 Å². The molecule has 4 rings (SSSR count). The van der Waals surface area contributed by atoms with Gasteiger partial charge in [-0.05, 0) is 66.6 Å². The molecule has 35 heavy (non-hydrogen) atoms. The lowest BCUT2D eigenvalue weighted by Gasteiger charge is -2.28. The monoisotopic (exact) mass is 456 g/mol. The Hall–Kier alpha value is -4.30. The van der Waals surface area contributed by atoms with Gasteiger partial charge in [-0.15, -0.1) is 0 Å². The Kier molecular flexibility index (Phi) is 7.98. The first kappa shape index (κ1) is 23.8. The topological polar surface area (TPSA) is 6.48 Å². The lowest BCUT2D eigenvalue weighted by molar-refractivity contribution is 0.894. The van der Waals surface area contributed by atoms with Gasteiger partial charge in [-0.3, -0.25) is 0 Å². The summed E-state index contributed by atoms with van der Waals surface area (Å²) in [6, 6.07) is 29.8. The summed E-state index contributed by atoms with van der Waals surface area (Å²) in [5, 5.41) is 0. The third-order valence-corrected chi connectivity index (χ3v) is 6.07. The Morgan fingerprint density at radius 3 is 2.09 bits per heavy atom. The molecule has 0 spiro atoms. The summed E-state index contributed by atoms with van der Waals surface area (Å²) in [7, 11) is 2.14. The molecule has 0 bridgehead atoms. The maximum Gasteiger partial charge on any atom is 0.0660 e. The quantitative estimate of drug-likeness (QED) is 0.314. The number of benzene rings is 3. The van der Waals surface area contributed by atoms with Crippen LogP contribution in [-0.4, -0.2) is 13.1 Å². The fourth-order valence-electron chi connectivity index (χ4n) is 4.14. The summed E-state index contributed by atoms with van der Waals surface area (Å²) < 4.78 is 0. The molecule has 3 aromatic carbocycles. The largest absolute Gasteiger partial charge is 0.365 e. The summed E-state index contributed by atoms with van der Waals surface area (Å²) in [5.74, 6) is 0. The Balaban J connectivity index is 1.58. The van der Waals surface area contributed by atoms with Gasteiger partial charge < -0.3 is 9.80 Å². The Morgan fingerprint density at radius 1 is 0.800 bits per heavy atom. The average molecular weight is 457 g/mol. The van der Waals surface area contributed by atoms with E-state index in [-0.39, 0.29) is 6.04 Å². The van der Waals surface area contributed by atoms with E-state index < -0.39 is 0 Å². The van der Waals surface area contributed by atoms with Crippen LogP contribution in [0.5, 0.6) is 0 Å². The minimum Gasteiger partial charge on any atom is -0.365 e. The molecular formula is C33H32N2. The normalized spacial score (nSPS) is 15.5. The van der Waals surface area contributed by atoms with Crippen molar-refractivity contribution < 1.29 is 0 Å². The molecule has 0 saturated heterocycles. The second-order valence-electron chi connectivity index (χ2n) is 8.34. The molecule has 1 atom stereocenters. The van der Waals surface area contributed by atoms with E-state index in [1.165, 1.54) is 11.1 Å². The van der Waals surface area contributed by atoms with Crippen molar-refractivity contribution in [1.29, 1.82) is 0 Å². The van der Waals surface area contributed by atoms with Crippen molar-refractivity contribution in [3.8, 4) is 0 Å². The van der Waals surface area contributed by atoms with Gasteiger partial charge in [0.1, 0.15) is 0 Å². The van der Waals surface area contributed by atoms with Crippen LogP contribution in [0, 0.1) is 0 Å². The van der Waals surface area contributed by atoms with Crippen molar-refractivity contribution in [2.24, 2.45) is 0 Å². The number of hydrogen-bond acceptors (Lipinski definition) is 2. The fraction of sp³-hybridized carbons (Fsp3) is 0.0909. The van der Waals surface area contributed by atoms with Crippen LogP contribution >= 0.6 is 0 Å². The number of likely N-dealkylation sites (N-methyl/N-ethyl adjacent to an activating group) is 1. The molecule has 2 nitrogen and oxygen atoms in total. The first-order valence-corrected chi connectivity index (χ1v) is 12.0. The van der Waals surface area contributed by atoms with Crippen molar-refractivity contribution in [2.75, 3.05) is 16.8 Å². The Labute approximate surface area is 209 Å². The minimum atomic E-state index is 0.168. The van der Waals surface area contributed by atoms with Gasteiger partial charge >= 0.3 is 0 Å². The number of rotatable bonds is 8. The molecule has 0 fully saturated rings. The second kappa shape index (κ2) is 11.7. The third-order valence-electron chi connectivity index (χ3n) is 6.07. The van der Waals surface area contributed by atoms with Crippen LogP contribution in [0.1, 0.15) is 12.5 Å². The third kappa shape index (κ3) is 5.80. The van der Waals surface area contributed by atoms with Gasteiger partial charge in [0.05, 0.1) is 6.04 Å². The van der Waals surface area contributed by atoms with Gasteiger partial charge in [0.15, 0.2) is 0 Å². The smallest absolute Gasteiger partial charge is 0.0660 e. The first-order chi connectivity index (χ1) is 17.2. The number of anilines is 3. The predicted molar refractivity (Wildman–Crippen MR) is 153 cm³/mol. The molecule has 3 aromatic rings. The summed E-state index contributed by atoms with van der Waals surface area (Å²) >= 11 is 0. The minimum absolute atomic E-state index is 0.168. The second-order valence-corrected chi connectivity index (χ2v) is 8.34. The zero-order valence-electron chi connectivity index (χ0n) is 20.5. The van der Waals surface area contributed by atoms with Crippen LogP contribution in [-0.2, 0) is 0 Å². The number of para-hydroxylation sites is 1. The molecule has 1 aliphatic carbocycles. The van der Waals surface area contributed by atoms with E-state index in [9.17, 15) is 0 Å². The van der Waals surface area contributed by atoms with Crippen molar-refractivity contribution in [3.63, 3.8) is 0 Å². The lowest BCUT2D eigenvalue weighted by atomic mass is 10.1. The average Bonchev–Trinajstić information content (AvgIpc) is 3.18. The molecule has 0 aromatic heterocycles. The molecule has 0 heterocycles. The summed E-state index contributed by atoms with van der Waals surface area (Å²) in [4.78, 5) is 4.51. The number of nitrogens with zero attached hydrogens (tertiary/aromatic N) is 2. The summed E-state index contributed by atoms with van der Waals surface area (Å²) in [6.45, 7) is 6.07. The Bertz CT molecular complexity index is 1260. The maximum absolute atomic E-state index is 4.06. The van der Waals surface area contributed by atoms with Gasteiger partial charge in [0.25, 0.3) is 0 Å². The fourth-order valence-corrected chi connectivity index (χ4v) is 4.14. The van der Waals surface area contributed by atoms with Crippen molar-refractivity contribution in [1.82, 2.24) is 0 Å². The molecular weight excluding hydrogens is 424 g/mol. The Morgan fingerprint density at radius 2 is 1.43 bits per heavy atom. The van der Waals surface area contributed by atoms with Gasteiger partial charge in [0.2, 0.25) is 0 Å². The highest BCUT2D eigenvalue weighted by Gasteiger charge is 2.15. The zero-order chi connectivity index (χ0) is 24.5. The van der Waals surface area contributed by atoms with Crippen LogP contribution < -0.4 is 9.80 Å². The molecule has 0 amide bonds. The van der Waals surface area contributed by atoms with Crippen molar-refractivity contribution in [3.05, 3.63) is 157 Å². The highest BCUT2D eigenvalue weighted by Crippen LogP contribution is 2.32. The van der Waals surface area contributed by atoms with Crippen LogP contribution in [0.4, 0.5) is 17.1 Å². The maximum atomic E-state index is 4.06. The van der Waals surface area contributed by atoms with E-state index >= 15 is 0 Å². The van der Waals surface area contributed by atoms with Gasteiger partial charge in [-0.1, -0.05) is 97.6 Å². The molecule has 1 unspecified atom stereocenters. The molecule has 2 heteroatoms. The predicted octanol–water partition coefficient (Wildman–Crippen LogP) is 8.49. The lowest BCUT2D eigenvalue weighted by Crippen LogP contribution is -2.27. The summed E-state index contributed by atoms with van der Waals surface area (Å²) in [5.41, 5.74) is 6.80. The van der Waals surface area contributed by atoms with Gasteiger partial charge in [-0.2, -0.15) is 0 Å². The first-order valence-electron chi connectivity index (χ1n) is 12.0. The van der Waals surface area contributed by atoms with E-state index in [4.69, 9.17) is 0 Å². The van der Waals surface area contributed by atoms with E-state index in [1.807, 2.05) is 37.3 Å². The highest BCUT2D eigenvalue weighted by atomic mass is 15.2. The van der Waals surface area contributed by atoms with Crippen LogP contribution in [0.3, 0.4) is 0 Å². The number of allylic oxidation sites excluding steroid dienone is 8. The zero-order valence-corrected chi connectivity index (χ0v) is 20.5. The standard InChI is InChI=1S/C33H32N2/c1-4-6-17-29(5-2)35(32-18-11-8-12-19-32)33-25-23-31(24-26-33)34(3)30-20-13-16-28(21-22-30)27-14-9-7-10-15-27/h4-26,30H,2H2,1,3H3/b6-4-,29-17+. The van der Waals surface area contributed by atoms with Crippen molar-refractivity contribution >= 4 is 22.6 Å². The van der Waals surface area contributed by atoms with Crippen LogP contribution in [0.2, 0.25) is 0 Å². The van der Waals surface area contributed by atoms with Crippen LogP contribution in [0.25, 0.3) is 5.57 Å². The molecule has 0 saturated carbocycles. The van der Waals surface area contributed by atoms with Crippen LogP contribution in [0.15, 0.2) is 152 Å². The SMILES string of the molecule is C=C/C(=C\C=C/C)N(c1ccccc1)c1ccc(N(C)C2C=CC=C(c3ccccc3)C=C2)cc1. The number of hydrogen-bond donors (Lipinski definition) is 0. The van der Waals surface area contributed by atoms with Crippen molar-refractivity contribution in [2.45, 2.75) is 13.0 Å².